The molecule has 0 aromatic carbocycles. The van der Waals surface area contributed by atoms with Crippen LogP contribution in [0, 0.1) is 0 Å². The number of rotatable bonds is 15. The Labute approximate surface area is 138 Å². The van der Waals surface area contributed by atoms with Crippen LogP contribution in [-0.4, -0.2) is 28.5 Å². The normalized spacial score (nSPS) is 16.0. The zero-order chi connectivity index (χ0) is 16.7. The van der Waals surface area contributed by atoms with E-state index in [4.69, 9.17) is 10.8 Å². The second-order valence-corrected chi connectivity index (χ2v) is 6.74. The van der Waals surface area contributed by atoms with Crippen LogP contribution in [0.2, 0.25) is 0 Å². The van der Waals surface area contributed by atoms with Gasteiger partial charge in [0.15, 0.2) is 0 Å². The lowest BCUT2D eigenvalue weighted by molar-refractivity contribution is 0.0560. The number of unbranched alkanes of at least 4 members (excludes halogenated alkanes) is 11. The highest BCUT2D eigenvalue weighted by molar-refractivity contribution is 5.03. The van der Waals surface area contributed by atoms with E-state index in [1.54, 1.807) is 13.0 Å². The molecule has 0 radical (unpaired) electrons. The van der Waals surface area contributed by atoms with Crippen molar-refractivity contribution in [2.75, 3.05) is 6.61 Å². The Morgan fingerprint density at radius 3 is 1.82 bits per heavy atom. The predicted molar refractivity (Wildman–Crippen MR) is 95.9 cm³/mol. The van der Waals surface area contributed by atoms with E-state index >= 15 is 0 Å². The molecule has 1 unspecified atom stereocenters. The maximum absolute atomic E-state index is 9.99. The molecular formula is C19H39NO2. The summed E-state index contributed by atoms with van der Waals surface area (Å²) in [5.41, 5.74) is 4.54. The van der Waals surface area contributed by atoms with E-state index < -0.39 is 11.6 Å². The van der Waals surface area contributed by atoms with Crippen LogP contribution in [-0.2, 0) is 0 Å². The second-order valence-electron chi connectivity index (χ2n) is 6.74. The minimum Gasteiger partial charge on any atom is -0.395 e. The molecule has 0 aromatic rings. The molecule has 0 fully saturated rings. The molecular weight excluding hydrogens is 274 g/mol. The fourth-order valence-electron chi connectivity index (χ4n) is 2.56. The van der Waals surface area contributed by atoms with Crippen molar-refractivity contribution in [3.63, 3.8) is 0 Å². The first-order chi connectivity index (χ1) is 10.5. The SMILES string of the molecule is CCCCCCCCCCCCC/C=C\C(C)(O)[C@@H](N)CO. The van der Waals surface area contributed by atoms with Gasteiger partial charge in [0.1, 0.15) is 0 Å². The Kier molecular flexibility index (Phi) is 14.0. The molecule has 0 aliphatic carbocycles. The molecule has 3 nitrogen and oxygen atoms in total. The standard InChI is InChI=1S/C19H39NO2/c1-3-4-5-6-7-8-9-10-11-12-13-14-15-16-19(2,22)18(20)17-21/h15-16,18,21-22H,3-14,17,20H2,1-2H3/b16-15-/t18-,19?/m0/s1. The monoisotopic (exact) mass is 313 g/mol. The van der Waals surface area contributed by atoms with Gasteiger partial charge in [0.2, 0.25) is 0 Å². The van der Waals surface area contributed by atoms with Crippen LogP contribution < -0.4 is 5.73 Å². The van der Waals surface area contributed by atoms with Crippen molar-refractivity contribution in [2.45, 2.75) is 103 Å². The summed E-state index contributed by atoms with van der Waals surface area (Å²) in [7, 11) is 0. The van der Waals surface area contributed by atoms with Gasteiger partial charge >= 0.3 is 0 Å². The molecule has 22 heavy (non-hydrogen) atoms. The van der Waals surface area contributed by atoms with E-state index in [0.29, 0.717) is 0 Å². The Morgan fingerprint density at radius 1 is 0.909 bits per heavy atom. The molecule has 0 spiro atoms. The summed E-state index contributed by atoms with van der Waals surface area (Å²) >= 11 is 0. The Morgan fingerprint density at radius 2 is 1.36 bits per heavy atom. The number of aliphatic hydroxyl groups excluding tert-OH is 1. The van der Waals surface area contributed by atoms with Gasteiger partial charge in [-0.1, -0.05) is 83.3 Å². The molecule has 0 aliphatic rings. The van der Waals surface area contributed by atoms with Crippen molar-refractivity contribution in [1.82, 2.24) is 0 Å². The maximum atomic E-state index is 9.99. The van der Waals surface area contributed by atoms with Gasteiger partial charge in [-0.3, -0.25) is 0 Å². The topological polar surface area (TPSA) is 66.5 Å². The quantitative estimate of drug-likeness (QED) is 0.312. The third-order valence-corrected chi connectivity index (χ3v) is 4.38. The van der Waals surface area contributed by atoms with Crippen LogP contribution in [0.5, 0.6) is 0 Å². The number of aliphatic hydroxyl groups is 2. The summed E-state index contributed by atoms with van der Waals surface area (Å²) in [6.45, 7) is 3.71. The van der Waals surface area contributed by atoms with Crippen molar-refractivity contribution >= 4 is 0 Å². The van der Waals surface area contributed by atoms with E-state index in [0.717, 1.165) is 12.8 Å². The molecule has 0 aliphatic heterocycles. The molecule has 0 aromatic heterocycles. The van der Waals surface area contributed by atoms with Crippen LogP contribution in [0.4, 0.5) is 0 Å². The molecule has 0 heterocycles. The van der Waals surface area contributed by atoms with Crippen LogP contribution in [0.3, 0.4) is 0 Å². The van der Waals surface area contributed by atoms with Gasteiger partial charge in [-0.25, -0.2) is 0 Å². The Hall–Kier alpha value is -0.380. The zero-order valence-electron chi connectivity index (χ0n) is 14.9. The minimum absolute atomic E-state index is 0.199. The average Bonchev–Trinajstić information content (AvgIpc) is 2.50. The van der Waals surface area contributed by atoms with E-state index in [1.165, 1.54) is 64.2 Å². The van der Waals surface area contributed by atoms with Crippen molar-refractivity contribution in [3.8, 4) is 0 Å². The molecule has 0 rings (SSSR count). The van der Waals surface area contributed by atoms with Crippen LogP contribution in [0.1, 0.15) is 90.9 Å². The molecule has 4 N–H and O–H groups in total. The average molecular weight is 314 g/mol. The lowest BCUT2D eigenvalue weighted by atomic mass is 9.96. The highest BCUT2D eigenvalue weighted by Crippen LogP contribution is 2.13. The van der Waals surface area contributed by atoms with Gasteiger partial charge in [0.25, 0.3) is 0 Å². The van der Waals surface area contributed by atoms with Crippen molar-refractivity contribution in [3.05, 3.63) is 12.2 Å². The largest absolute Gasteiger partial charge is 0.395 e. The molecule has 0 amide bonds. The fourth-order valence-corrected chi connectivity index (χ4v) is 2.56. The van der Waals surface area contributed by atoms with Gasteiger partial charge in [-0.15, -0.1) is 0 Å². The first kappa shape index (κ1) is 21.6. The van der Waals surface area contributed by atoms with Crippen molar-refractivity contribution < 1.29 is 10.2 Å². The summed E-state index contributed by atoms with van der Waals surface area (Å²) in [6, 6.07) is -0.610. The highest BCUT2D eigenvalue weighted by Gasteiger charge is 2.24. The van der Waals surface area contributed by atoms with Gasteiger partial charge in [-0.05, 0) is 19.8 Å². The summed E-state index contributed by atoms with van der Waals surface area (Å²) in [5, 5.41) is 18.9. The van der Waals surface area contributed by atoms with Gasteiger partial charge in [0, 0.05) is 0 Å². The van der Waals surface area contributed by atoms with Gasteiger partial charge in [0.05, 0.1) is 18.2 Å². The fraction of sp³-hybridized carbons (Fsp3) is 0.895. The van der Waals surface area contributed by atoms with Crippen LogP contribution in [0.25, 0.3) is 0 Å². The number of allylic oxidation sites excluding steroid dienone is 1. The highest BCUT2D eigenvalue weighted by atomic mass is 16.3. The summed E-state index contributed by atoms with van der Waals surface area (Å²) in [5.74, 6) is 0. The molecule has 0 saturated heterocycles. The lowest BCUT2D eigenvalue weighted by Crippen LogP contribution is -2.46. The van der Waals surface area contributed by atoms with Crippen LogP contribution >= 0.6 is 0 Å². The smallest absolute Gasteiger partial charge is 0.0972 e. The van der Waals surface area contributed by atoms with Crippen LogP contribution in [0.15, 0.2) is 12.2 Å². The molecule has 132 valence electrons. The summed E-state index contributed by atoms with van der Waals surface area (Å²) < 4.78 is 0. The second kappa shape index (κ2) is 14.2. The summed E-state index contributed by atoms with van der Waals surface area (Å²) in [6.07, 6.45) is 19.5. The zero-order valence-corrected chi connectivity index (χ0v) is 14.9. The van der Waals surface area contributed by atoms with E-state index in [-0.39, 0.29) is 6.61 Å². The van der Waals surface area contributed by atoms with Gasteiger partial charge < -0.3 is 15.9 Å². The maximum Gasteiger partial charge on any atom is 0.0972 e. The lowest BCUT2D eigenvalue weighted by Gasteiger charge is -2.25. The van der Waals surface area contributed by atoms with Gasteiger partial charge in [-0.2, -0.15) is 0 Å². The first-order valence-electron chi connectivity index (χ1n) is 9.31. The molecule has 3 heteroatoms. The van der Waals surface area contributed by atoms with E-state index in [9.17, 15) is 5.11 Å². The number of hydrogen-bond acceptors (Lipinski definition) is 3. The van der Waals surface area contributed by atoms with Crippen molar-refractivity contribution in [1.29, 1.82) is 0 Å². The molecule has 0 saturated carbocycles. The Balaban J connectivity index is 3.36. The number of hydrogen-bond donors (Lipinski definition) is 3. The minimum atomic E-state index is -1.10. The predicted octanol–water partition coefficient (Wildman–Crippen LogP) is 4.31. The summed E-state index contributed by atoms with van der Waals surface area (Å²) in [4.78, 5) is 0. The number of nitrogens with two attached hydrogens (primary N) is 1. The van der Waals surface area contributed by atoms with E-state index in [2.05, 4.69) is 6.92 Å². The van der Waals surface area contributed by atoms with Crippen molar-refractivity contribution in [2.24, 2.45) is 5.73 Å². The first-order valence-corrected chi connectivity index (χ1v) is 9.31. The third-order valence-electron chi connectivity index (χ3n) is 4.38. The third kappa shape index (κ3) is 12.2. The molecule has 0 bridgehead atoms. The van der Waals surface area contributed by atoms with E-state index in [1.807, 2.05) is 6.08 Å². The molecule has 2 atom stereocenters. The Bertz CT molecular complexity index is 264.